The molecule has 0 saturated carbocycles. The van der Waals surface area contributed by atoms with E-state index >= 15 is 0 Å². The number of nitriles is 1. The molecule has 22 heavy (non-hydrogen) atoms. The summed E-state index contributed by atoms with van der Waals surface area (Å²) in [6.07, 6.45) is 6.61. The quantitative estimate of drug-likeness (QED) is 0.675. The van der Waals surface area contributed by atoms with Crippen LogP contribution in [0.15, 0.2) is 53.5 Å². The van der Waals surface area contributed by atoms with Crippen LogP contribution in [0.2, 0.25) is 0 Å². The molecule has 1 aromatic heterocycles. The number of hydrogen-bond donors (Lipinski definition) is 2. The fourth-order valence-electron chi connectivity index (χ4n) is 2.32. The fourth-order valence-corrected chi connectivity index (χ4v) is 3.25. The summed E-state index contributed by atoms with van der Waals surface area (Å²) in [4.78, 5) is 4.50. The molecule has 1 aliphatic carbocycles. The fraction of sp³-hybridized carbons (Fsp3) is 0.125. The average molecular weight is 308 g/mol. The van der Waals surface area contributed by atoms with Crippen LogP contribution in [0.3, 0.4) is 0 Å². The molecule has 108 valence electrons. The molecule has 0 spiro atoms. The minimum atomic E-state index is -1.40. The van der Waals surface area contributed by atoms with Crippen molar-refractivity contribution in [3.8, 4) is 6.07 Å². The Morgan fingerprint density at radius 2 is 2.09 bits per heavy atom. The molecule has 0 amide bonds. The molecule has 0 saturated heterocycles. The number of rotatable bonds is 3. The van der Waals surface area contributed by atoms with E-state index in [4.69, 9.17) is 10.0 Å². The largest absolute Gasteiger partial charge is 0.484 e. The van der Waals surface area contributed by atoms with Crippen LogP contribution in [0, 0.1) is 11.3 Å². The van der Waals surface area contributed by atoms with Gasteiger partial charge in [0.05, 0.1) is 15.8 Å². The van der Waals surface area contributed by atoms with Crippen LogP contribution in [0.25, 0.3) is 15.8 Å². The van der Waals surface area contributed by atoms with Crippen molar-refractivity contribution in [1.29, 1.82) is 5.26 Å². The lowest BCUT2D eigenvalue weighted by molar-refractivity contribution is 0.416. The first kappa shape index (κ1) is 14.7. The lowest BCUT2D eigenvalue weighted by atomic mass is 9.74. The van der Waals surface area contributed by atoms with Crippen LogP contribution >= 0.6 is 11.3 Å². The summed E-state index contributed by atoms with van der Waals surface area (Å²) in [5.41, 5.74) is 3.01. The third-order valence-corrected chi connectivity index (χ3v) is 4.59. The molecular weight excluding hydrogens is 295 g/mol. The van der Waals surface area contributed by atoms with E-state index in [1.54, 1.807) is 6.08 Å². The number of hydrogen-bond acceptors (Lipinski definition) is 5. The first-order chi connectivity index (χ1) is 10.7. The van der Waals surface area contributed by atoms with Gasteiger partial charge in [-0.05, 0) is 42.1 Å². The molecule has 2 N–H and O–H groups in total. The van der Waals surface area contributed by atoms with Crippen molar-refractivity contribution in [3.05, 3.63) is 58.5 Å². The summed E-state index contributed by atoms with van der Waals surface area (Å²) in [6, 6.07) is 10.0. The van der Waals surface area contributed by atoms with Gasteiger partial charge in [-0.15, -0.1) is 11.3 Å². The number of para-hydroxylation sites is 1. The van der Waals surface area contributed by atoms with Gasteiger partial charge in [0.25, 0.3) is 0 Å². The molecule has 3 rings (SSSR count). The molecule has 1 aliphatic rings. The van der Waals surface area contributed by atoms with Crippen molar-refractivity contribution in [2.75, 3.05) is 0 Å². The van der Waals surface area contributed by atoms with Crippen LogP contribution in [0.1, 0.15) is 17.8 Å². The Bertz CT molecular complexity index is 810. The summed E-state index contributed by atoms with van der Waals surface area (Å²) in [6.45, 7) is 0. The second-order valence-electron chi connectivity index (χ2n) is 5.01. The maximum Gasteiger partial charge on any atom is 0.484 e. The van der Waals surface area contributed by atoms with E-state index in [1.165, 1.54) is 11.3 Å². The Labute approximate surface area is 132 Å². The predicted octanol–water partition coefficient (Wildman–Crippen LogP) is 2.86. The van der Waals surface area contributed by atoms with Gasteiger partial charge in [-0.2, -0.15) is 5.26 Å². The van der Waals surface area contributed by atoms with Crippen LogP contribution in [-0.2, 0) is 0 Å². The van der Waals surface area contributed by atoms with E-state index in [9.17, 15) is 5.26 Å². The van der Waals surface area contributed by atoms with Crippen LogP contribution < -0.4 is 0 Å². The van der Waals surface area contributed by atoms with Gasteiger partial charge in [0.15, 0.2) is 0 Å². The summed E-state index contributed by atoms with van der Waals surface area (Å²) in [7, 11) is -1.40. The van der Waals surface area contributed by atoms with Gasteiger partial charge >= 0.3 is 7.12 Å². The van der Waals surface area contributed by atoms with Gasteiger partial charge in [-0.25, -0.2) is 4.98 Å². The first-order valence-corrected chi connectivity index (χ1v) is 7.72. The SMILES string of the molecule is N#C/C(=C\C1=CC=C(B(O)O)CC1)c1nc2ccccc2s1. The van der Waals surface area contributed by atoms with E-state index in [1.807, 2.05) is 36.4 Å². The monoisotopic (exact) mass is 308 g/mol. The molecule has 6 heteroatoms. The molecule has 1 aromatic carbocycles. The topological polar surface area (TPSA) is 77.1 Å². The van der Waals surface area contributed by atoms with Crippen molar-refractivity contribution in [2.45, 2.75) is 12.8 Å². The minimum absolute atomic E-state index is 0.536. The number of allylic oxidation sites excluding steroid dienone is 6. The average Bonchev–Trinajstić information content (AvgIpc) is 2.96. The number of thiazole rings is 1. The van der Waals surface area contributed by atoms with Gasteiger partial charge in [0.1, 0.15) is 11.1 Å². The Morgan fingerprint density at radius 3 is 2.73 bits per heavy atom. The lowest BCUT2D eigenvalue weighted by Gasteiger charge is -2.11. The Morgan fingerprint density at radius 1 is 1.27 bits per heavy atom. The number of nitrogens with zero attached hydrogens (tertiary/aromatic N) is 2. The van der Waals surface area contributed by atoms with Crippen LogP contribution in [0.5, 0.6) is 0 Å². The summed E-state index contributed by atoms with van der Waals surface area (Å²) < 4.78 is 1.06. The predicted molar refractivity (Wildman–Crippen MR) is 88.8 cm³/mol. The molecule has 0 atom stereocenters. The van der Waals surface area contributed by atoms with Crippen molar-refractivity contribution in [2.24, 2.45) is 0 Å². The second kappa shape index (κ2) is 6.28. The van der Waals surface area contributed by atoms with E-state index in [-0.39, 0.29) is 0 Å². The van der Waals surface area contributed by atoms with Crippen molar-refractivity contribution in [3.63, 3.8) is 0 Å². The molecule has 2 aromatic rings. The summed E-state index contributed by atoms with van der Waals surface area (Å²) in [5.74, 6) is 0. The van der Waals surface area contributed by atoms with Crippen LogP contribution in [0.4, 0.5) is 0 Å². The Kier molecular flexibility index (Phi) is 4.21. The highest BCUT2D eigenvalue weighted by molar-refractivity contribution is 7.19. The van der Waals surface area contributed by atoms with Gasteiger partial charge in [0.2, 0.25) is 0 Å². The van der Waals surface area contributed by atoms with Gasteiger partial charge < -0.3 is 10.0 Å². The number of aromatic nitrogens is 1. The Balaban J connectivity index is 1.93. The number of benzene rings is 1. The van der Waals surface area contributed by atoms with Crippen molar-refractivity contribution in [1.82, 2.24) is 4.98 Å². The zero-order valence-electron chi connectivity index (χ0n) is 11.7. The van der Waals surface area contributed by atoms with E-state index in [0.717, 1.165) is 15.8 Å². The zero-order valence-corrected chi connectivity index (χ0v) is 12.5. The Hall–Kier alpha value is -2.20. The first-order valence-electron chi connectivity index (χ1n) is 6.91. The molecule has 1 heterocycles. The van der Waals surface area contributed by atoms with Crippen LogP contribution in [-0.4, -0.2) is 22.2 Å². The molecule has 0 bridgehead atoms. The second-order valence-corrected chi connectivity index (χ2v) is 6.04. The molecule has 0 fully saturated rings. The highest BCUT2D eigenvalue weighted by Crippen LogP contribution is 2.29. The van der Waals surface area contributed by atoms with E-state index in [2.05, 4.69) is 11.1 Å². The highest BCUT2D eigenvalue weighted by Gasteiger charge is 2.17. The normalized spacial score (nSPS) is 15.2. The van der Waals surface area contributed by atoms with Gasteiger partial charge in [0, 0.05) is 0 Å². The lowest BCUT2D eigenvalue weighted by Crippen LogP contribution is -2.16. The standard InChI is InChI=1S/C16H13BN2O2S/c18-10-12(9-11-5-7-13(8-6-11)17(20)21)16-19-14-3-1-2-4-15(14)22-16/h1-5,7,9,20-21H,6,8H2/b12-9+. The minimum Gasteiger partial charge on any atom is -0.423 e. The molecule has 0 radical (unpaired) electrons. The van der Waals surface area contributed by atoms with E-state index in [0.29, 0.717) is 28.9 Å². The molecular formula is C16H13BN2O2S. The smallest absolute Gasteiger partial charge is 0.423 e. The molecule has 0 aliphatic heterocycles. The van der Waals surface area contributed by atoms with Crippen molar-refractivity contribution >= 4 is 34.2 Å². The molecule has 4 nitrogen and oxygen atoms in total. The zero-order chi connectivity index (χ0) is 15.5. The maximum absolute atomic E-state index is 9.40. The highest BCUT2D eigenvalue weighted by atomic mass is 32.1. The van der Waals surface area contributed by atoms with Crippen molar-refractivity contribution < 1.29 is 10.0 Å². The van der Waals surface area contributed by atoms with E-state index < -0.39 is 7.12 Å². The third-order valence-electron chi connectivity index (χ3n) is 3.52. The third kappa shape index (κ3) is 3.02. The molecule has 0 unspecified atom stereocenters. The summed E-state index contributed by atoms with van der Waals surface area (Å²) in [5, 5.41) is 28.4. The maximum atomic E-state index is 9.40. The summed E-state index contributed by atoms with van der Waals surface area (Å²) >= 11 is 1.50. The van der Waals surface area contributed by atoms with Gasteiger partial charge in [-0.3, -0.25) is 0 Å². The van der Waals surface area contributed by atoms with Gasteiger partial charge in [-0.1, -0.05) is 24.3 Å². The number of fused-ring (bicyclic) bond motifs is 1.